The molecule has 1 aromatic heterocycles. The number of halogens is 2. The van der Waals surface area contributed by atoms with Gasteiger partial charge in [-0.25, -0.2) is 9.18 Å². The molecule has 4 nitrogen and oxygen atoms in total. The average Bonchev–Trinajstić information content (AvgIpc) is 2.70. The van der Waals surface area contributed by atoms with Crippen LogP contribution in [0.4, 0.5) is 10.1 Å². The Morgan fingerprint density at radius 3 is 2.84 bits per heavy atom. The van der Waals surface area contributed by atoms with Crippen molar-refractivity contribution in [2.75, 3.05) is 5.32 Å². The molecule has 0 saturated carbocycles. The molecule has 0 saturated heterocycles. The zero-order valence-electron chi connectivity index (χ0n) is 10.0. The highest BCUT2D eigenvalue weighted by molar-refractivity contribution is 6.33. The highest BCUT2D eigenvalue weighted by Gasteiger charge is 2.14. The van der Waals surface area contributed by atoms with E-state index in [0.717, 1.165) is 0 Å². The molecule has 0 aliphatic rings. The quantitative estimate of drug-likeness (QED) is 0.898. The van der Waals surface area contributed by atoms with E-state index in [2.05, 4.69) is 5.32 Å². The number of benzene rings is 1. The minimum atomic E-state index is -1.14. The van der Waals surface area contributed by atoms with E-state index >= 15 is 0 Å². The summed E-state index contributed by atoms with van der Waals surface area (Å²) in [5.74, 6) is -1.28. The Hall–Kier alpha value is -2.01. The first kappa shape index (κ1) is 13.4. The van der Waals surface area contributed by atoms with Crippen LogP contribution in [0.1, 0.15) is 21.9 Å². The Balaban J connectivity index is 2.17. The van der Waals surface area contributed by atoms with Gasteiger partial charge < -0.3 is 14.8 Å². The molecule has 0 aliphatic heterocycles. The normalized spacial score (nSPS) is 10.5. The van der Waals surface area contributed by atoms with Crippen molar-refractivity contribution in [3.63, 3.8) is 0 Å². The summed E-state index contributed by atoms with van der Waals surface area (Å²) in [4.78, 5) is 10.8. The number of para-hydroxylation sites is 1. The molecule has 0 atom stereocenters. The van der Waals surface area contributed by atoms with Gasteiger partial charge in [0.05, 0.1) is 10.7 Å². The number of furan rings is 1. The van der Waals surface area contributed by atoms with E-state index in [9.17, 15) is 9.18 Å². The van der Waals surface area contributed by atoms with Gasteiger partial charge in [-0.2, -0.15) is 0 Å². The van der Waals surface area contributed by atoms with E-state index < -0.39 is 11.8 Å². The first-order valence-electron chi connectivity index (χ1n) is 5.49. The Bertz CT molecular complexity index is 604. The molecule has 0 fully saturated rings. The van der Waals surface area contributed by atoms with Gasteiger partial charge in [0, 0.05) is 12.1 Å². The maximum atomic E-state index is 13.5. The SMILES string of the molecule is Cc1oc(C(=O)O)cc1CNc1c(F)cccc1Cl. The van der Waals surface area contributed by atoms with Gasteiger partial charge in [-0.3, -0.25) is 0 Å². The fourth-order valence-corrected chi connectivity index (χ4v) is 1.88. The van der Waals surface area contributed by atoms with Crippen LogP contribution in [0.2, 0.25) is 5.02 Å². The van der Waals surface area contributed by atoms with Gasteiger partial charge in [0.25, 0.3) is 0 Å². The van der Waals surface area contributed by atoms with Crippen molar-refractivity contribution in [2.24, 2.45) is 0 Å². The maximum absolute atomic E-state index is 13.5. The zero-order chi connectivity index (χ0) is 14.0. The van der Waals surface area contributed by atoms with Crippen molar-refractivity contribution in [3.05, 3.63) is 52.2 Å². The number of nitrogens with one attached hydrogen (secondary N) is 1. The summed E-state index contributed by atoms with van der Waals surface area (Å²) in [7, 11) is 0. The van der Waals surface area contributed by atoms with Crippen LogP contribution in [0.25, 0.3) is 0 Å². The number of aryl methyl sites for hydroxylation is 1. The summed E-state index contributed by atoms with van der Waals surface area (Å²) in [6.45, 7) is 1.87. The molecule has 6 heteroatoms. The van der Waals surface area contributed by atoms with E-state index in [1.807, 2.05) is 0 Å². The number of carboxylic acid groups (broad SMARTS) is 1. The van der Waals surface area contributed by atoms with Gasteiger partial charge in [0.15, 0.2) is 0 Å². The Labute approximate surface area is 113 Å². The summed E-state index contributed by atoms with van der Waals surface area (Å²) < 4.78 is 18.6. The summed E-state index contributed by atoms with van der Waals surface area (Å²) in [5.41, 5.74) is 0.818. The molecule has 1 heterocycles. The second-order valence-corrected chi connectivity index (χ2v) is 4.35. The van der Waals surface area contributed by atoms with Gasteiger partial charge in [0.1, 0.15) is 11.6 Å². The van der Waals surface area contributed by atoms with Crippen LogP contribution < -0.4 is 5.32 Å². The van der Waals surface area contributed by atoms with E-state index in [4.69, 9.17) is 21.1 Å². The molecule has 0 amide bonds. The number of carboxylic acids is 1. The lowest BCUT2D eigenvalue weighted by Gasteiger charge is -2.08. The standard InChI is InChI=1S/C13H11ClFNO3/c1-7-8(5-11(19-7)13(17)18)6-16-12-9(14)3-2-4-10(12)15/h2-5,16H,6H2,1H3,(H,17,18). The van der Waals surface area contributed by atoms with E-state index in [1.54, 1.807) is 13.0 Å². The number of anilines is 1. The van der Waals surface area contributed by atoms with Crippen LogP contribution in [0, 0.1) is 12.7 Å². The molecule has 0 bridgehead atoms. The van der Waals surface area contributed by atoms with E-state index in [-0.39, 0.29) is 23.0 Å². The molecule has 0 unspecified atom stereocenters. The number of hydrogen-bond acceptors (Lipinski definition) is 3. The second-order valence-electron chi connectivity index (χ2n) is 3.95. The van der Waals surface area contributed by atoms with Crippen LogP contribution >= 0.6 is 11.6 Å². The van der Waals surface area contributed by atoms with Gasteiger partial charge in [-0.05, 0) is 25.1 Å². The molecule has 0 radical (unpaired) electrons. The van der Waals surface area contributed by atoms with Crippen molar-refractivity contribution < 1.29 is 18.7 Å². The summed E-state index contributed by atoms with van der Waals surface area (Å²) in [6.07, 6.45) is 0. The van der Waals surface area contributed by atoms with Crippen LogP contribution in [0.3, 0.4) is 0 Å². The molecule has 0 aliphatic carbocycles. The third-order valence-corrected chi connectivity index (χ3v) is 2.96. The fourth-order valence-electron chi connectivity index (χ4n) is 1.65. The average molecular weight is 284 g/mol. The number of carbonyl (C=O) groups is 1. The fraction of sp³-hybridized carbons (Fsp3) is 0.154. The first-order valence-corrected chi connectivity index (χ1v) is 5.87. The molecular weight excluding hydrogens is 273 g/mol. The predicted molar refractivity (Wildman–Crippen MR) is 69.1 cm³/mol. The Kier molecular flexibility index (Phi) is 3.76. The lowest BCUT2D eigenvalue weighted by molar-refractivity contribution is 0.0661. The van der Waals surface area contributed by atoms with Gasteiger partial charge >= 0.3 is 5.97 Å². The zero-order valence-corrected chi connectivity index (χ0v) is 10.8. The minimum Gasteiger partial charge on any atom is -0.475 e. The maximum Gasteiger partial charge on any atom is 0.371 e. The van der Waals surface area contributed by atoms with Crippen LogP contribution in [0.15, 0.2) is 28.7 Å². The molecule has 1 aromatic carbocycles. The molecule has 2 aromatic rings. The molecular formula is C13H11ClFNO3. The van der Waals surface area contributed by atoms with Crippen LogP contribution in [-0.4, -0.2) is 11.1 Å². The Morgan fingerprint density at radius 2 is 2.26 bits per heavy atom. The molecule has 19 heavy (non-hydrogen) atoms. The minimum absolute atomic E-state index is 0.145. The summed E-state index contributed by atoms with van der Waals surface area (Å²) in [6, 6.07) is 5.77. The lowest BCUT2D eigenvalue weighted by atomic mass is 10.2. The van der Waals surface area contributed by atoms with Crippen molar-refractivity contribution in [2.45, 2.75) is 13.5 Å². The number of rotatable bonds is 4. The van der Waals surface area contributed by atoms with Crippen molar-refractivity contribution in [3.8, 4) is 0 Å². The highest BCUT2D eigenvalue weighted by Crippen LogP contribution is 2.26. The summed E-state index contributed by atoms with van der Waals surface area (Å²) >= 11 is 5.87. The van der Waals surface area contributed by atoms with E-state index in [0.29, 0.717) is 11.3 Å². The first-order chi connectivity index (χ1) is 8.99. The predicted octanol–water partition coefficient (Wildman–Crippen LogP) is 3.69. The topological polar surface area (TPSA) is 62.5 Å². The second kappa shape index (κ2) is 5.32. The van der Waals surface area contributed by atoms with Crippen LogP contribution in [0.5, 0.6) is 0 Å². The Morgan fingerprint density at radius 1 is 1.53 bits per heavy atom. The van der Waals surface area contributed by atoms with Crippen LogP contribution in [-0.2, 0) is 6.54 Å². The largest absolute Gasteiger partial charge is 0.475 e. The number of aromatic carboxylic acids is 1. The van der Waals surface area contributed by atoms with Gasteiger partial charge in [-0.15, -0.1) is 0 Å². The lowest BCUT2D eigenvalue weighted by Crippen LogP contribution is -2.02. The van der Waals surface area contributed by atoms with Crippen molar-refractivity contribution in [1.82, 2.24) is 0 Å². The monoisotopic (exact) mass is 283 g/mol. The van der Waals surface area contributed by atoms with Crippen molar-refractivity contribution >= 4 is 23.3 Å². The molecule has 2 rings (SSSR count). The van der Waals surface area contributed by atoms with Gasteiger partial charge in [0.2, 0.25) is 5.76 Å². The number of hydrogen-bond donors (Lipinski definition) is 2. The molecule has 0 spiro atoms. The smallest absolute Gasteiger partial charge is 0.371 e. The third-order valence-electron chi connectivity index (χ3n) is 2.65. The highest BCUT2D eigenvalue weighted by atomic mass is 35.5. The van der Waals surface area contributed by atoms with Crippen molar-refractivity contribution in [1.29, 1.82) is 0 Å². The molecule has 100 valence electrons. The summed E-state index contributed by atoms with van der Waals surface area (Å²) in [5, 5.41) is 11.9. The van der Waals surface area contributed by atoms with Gasteiger partial charge in [-0.1, -0.05) is 17.7 Å². The molecule has 2 N–H and O–H groups in total. The van der Waals surface area contributed by atoms with E-state index in [1.165, 1.54) is 18.2 Å². The third kappa shape index (κ3) is 2.88.